The highest BCUT2D eigenvalue weighted by Gasteiger charge is 2.34. The van der Waals surface area contributed by atoms with E-state index in [2.05, 4.69) is 10.1 Å². The van der Waals surface area contributed by atoms with E-state index in [1.165, 1.54) is 59.8 Å². The van der Waals surface area contributed by atoms with Crippen LogP contribution in [0.2, 0.25) is 0 Å². The summed E-state index contributed by atoms with van der Waals surface area (Å²) < 4.78 is 48.6. The first-order valence-electron chi connectivity index (χ1n) is 10.5. The monoisotopic (exact) mass is 479 g/mol. The fourth-order valence-electron chi connectivity index (χ4n) is 3.45. The van der Waals surface area contributed by atoms with Crippen molar-refractivity contribution in [1.29, 1.82) is 0 Å². The standard InChI is InChI=1S/C26H20F3N3O3/c27-20-8-11-22(24(29)13-20)26(34,14-32-17-30-16-31-32)15-35-21-9-5-19(6-10-21)25(33)12-7-18-3-1-2-4-23(18)28/h1-13,16-17,34H,14-15H2. The van der Waals surface area contributed by atoms with Crippen LogP contribution in [0.15, 0.2) is 85.5 Å². The fourth-order valence-corrected chi connectivity index (χ4v) is 3.45. The van der Waals surface area contributed by atoms with Gasteiger partial charge in [0.25, 0.3) is 0 Å². The van der Waals surface area contributed by atoms with Crippen LogP contribution in [0.5, 0.6) is 5.75 Å². The van der Waals surface area contributed by atoms with Gasteiger partial charge in [-0.1, -0.05) is 24.3 Å². The van der Waals surface area contributed by atoms with E-state index in [0.29, 0.717) is 22.9 Å². The van der Waals surface area contributed by atoms with Gasteiger partial charge >= 0.3 is 0 Å². The van der Waals surface area contributed by atoms with Crippen LogP contribution in [0, 0.1) is 17.5 Å². The number of aliphatic hydroxyl groups is 1. The summed E-state index contributed by atoms with van der Waals surface area (Å²) in [5.41, 5.74) is -1.44. The molecule has 9 heteroatoms. The maximum atomic E-state index is 14.5. The normalized spacial score (nSPS) is 13.0. The Kier molecular flexibility index (Phi) is 7.07. The number of nitrogens with zero attached hydrogens (tertiary/aromatic N) is 3. The second kappa shape index (κ2) is 10.4. The van der Waals surface area contributed by atoms with Crippen LogP contribution in [0.3, 0.4) is 0 Å². The highest BCUT2D eigenvalue weighted by Crippen LogP contribution is 2.28. The van der Waals surface area contributed by atoms with E-state index >= 15 is 0 Å². The lowest BCUT2D eigenvalue weighted by molar-refractivity contribution is -0.0297. The lowest BCUT2D eigenvalue weighted by Crippen LogP contribution is -2.39. The first-order chi connectivity index (χ1) is 16.8. The number of ketones is 1. The molecule has 0 radical (unpaired) electrons. The van der Waals surface area contributed by atoms with E-state index in [9.17, 15) is 23.1 Å². The molecule has 35 heavy (non-hydrogen) atoms. The molecule has 4 rings (SSSR count). The lowest BCUT2D eigenvalue weighted by Gasteiger charge is -2.29. The molecular formula is C26H20F3N3O3. The predicted molar refractivity (Wildman–Crippen MR) is 122 cm³/mol. The third-order valence-electron chi connectivity index (χ3n) is 5.26. The Bertz CT molecular complexity index is 1340. The molecule has 1 heterocycles. The summed E-state index contributed by atoms with van der Waals surface area (Å²) in [5, 5.41) is 15.2. The van der Waals surface area contributed by atoms with Crippen LogP contribution in [-0.4, -0.2) is 32.3 Å². The third kappa shape index (κ3) is 5.82. The molecule has 178 valence electrons. The zero-order chi connectivity index (χ0) is 24.8. The Balaban J connectivity index is 1.48. The SMILES string of the molecule is O=C(C=Cc1ccccc1F)c1ccc(OCC(O)(Cn2cncn2)c2ccc(F)cc2F)cc1. The van der Waals surface area contributed by atoms with Crippen molar-refractivity contribution in [2.45, 2.75) is 12.1 Å². The van der Waals surface area contributed by atoms with Crippen molar-refractivity contribution >= 4 is 11.9 Å². The lowest BCUT2D eigenvalue weighted by atomic mass is 9.94. The van der Waals surface area contributed by atoms with E-state index in [-0.39, 0.29) is 17.9 Å². The molecule has 0 saturated carbocycles. The van der Waals surface area contributed by atoms with E-state index in [1.807, 2.05) is 0 Å². The molecule has 0 bridgehead atoms. The molecule has 0 fully saturated rings. The molecule has 1 atom stereocenters. The van der Waals surface area contributed by atoms with E-state index in [4.69, 9.17) is 4.74 Å². The Morgan fingerprint density at radius 1 is 1.03 bits per heavy atom. The number of aromatic nitrogens is 3. The number of halogens is 3. The molecule has 0 amide bonds. The summed E-state index contributed by atoms with van der Waals surface area (Å²) in [6.45, 7) is -0.594. The number of ether oxygens (including phenoxy) is 1. The van der Waals surface area contributed by atoms with Gasteiger partial charge in [0.05, 0.1) is 6.54 Å². The van der Waals surface area contributed by atoms with Gasteiger partial charge in [0.15, 0.2) is 5.78 Å². The van der Waals surface area contributed by atoms with Crippen LogP contribution in [0.25, 0.3) is 6.08 Å². The molecule has 1 aromatic heterocycles. The molecule has 6 nitrogen and oxygen atoms in total. The van der Waals surface area contributed by atoms with E-state index in [1.54, 1.807) is 18.2 Å². The number of hydrogen-bond acceptors (Lipinski definition) is 5. The van der Waals surface area contributed by atoms with Crippen LogP contribution in [0.4, 0.5) is 13.2 Å². The van der Waals surface area contributed by atoms with Gasteiger partial charge in [0.2, 0.25) is 0 Å². The minimum Gasteiger partial charge on any atom is -0.490 e. The van der Waals surface area contributed by atoms with Crippen molar-refractivity contribution < 1.29 is 27.8 Å². The average molecular weight is 479 g/mol. The van der Waals surface area contributed by atoms with Gasteiger partial charge in [-0.3, -0.25) is 4.79 Å². The van der Waals surface area contributed by atoms with Crippen molar-refractivity contribution in [1.82, 2.24) is 14.8 Å². The minimum atomic E-state index is -1.90. The van der Waals surface area contributed by atoms with E-state index in [0.717, 1.165) is 12.1 Å². The molecule has 3 aromatic carbocycles. The molecule has 0 aliphatic rings. The number of rotatable bonds is 9. The summed E-state index contributed by atoms with van der Waals surface area (Å²) in [6.07, 6.45) is 5.27. The Morgan fingerprint density at radius 2 is 1.80 bits per heavy atom. The molecular weight excluding hydrogens is 459 g/mol. The minimum absolute atomic E-state index is 0.167. The predicted octanol–water partition coefficient (Wildman–Crippen LogP) is 4.56. The van der Waals surface area contributed by atoms with Crippen LogP contribution < -0.4 is 4.74 Å². The van der Waals surface area contributed by atoms with Crippen molar-refractivity contribution in [3.05, 3.63) is 120 Å². The molecule has 0 spiro atoms. The van der Waals surface area contributed by atoms with Crippen LogP contribution >= 0.6 is 0 Å². The van der Waals surface area contributed by atoms with E-state index < -0.39 is 29.7 Å². The molecule has 4 aromatic rings. The van der Waals surface area contributed by atoms with Gasteiger partial charge in [0, 0.05) is 22.8 Å². The summed E-state index contributed by atoms with van der Waals surface area (Å²) >= 11 is 0. The molecule has 1 unspecified atom stereocenters. The van der Waals surface area contributed by atoms with Gasteiger partial charge in [-0.05, 0) is 48.6 Å². The van der Waals surface area contributed by atoms with Crippen LogP contribution in [-0.2, 0) is 12.1 Å². The maximum absolute atomic E-state index is 14.5. The molecule has 1 N–H and O–H groups in total. The number of hydrogen-bond donors (Lipinski definition) is 1. The summed E-state index contributed by atoms with van der Waals surface area (Å²) in [5.74, 6) is -2.18. The Morgan fingerprint density at radius 3 is 2.49 bits per heavy atom. The molecule has 0 aliphatic carbocycles. The van der Waals surface area contributed by atoms with Gasteiger partial charge in [-0.2, -0.15) is 5.10 Å². The first kappa shape index (κ1) is 23.9. The second-order valence-corrected chi connectivity index (χ2v) is 7.78. The third-order valence-corrected chi connectivity index (χ3v) is 5.26. The summed E-state index contributed by atoms with van der Waals surface area (Å²) in [4.78, 5) is 16.2. The first-order valence-corrected chi connectivity index (χ1v) is 10.5. The van der Waals surface area contributed by atoms with Gasteiger partial charge < -0.3 is 9.84 Å². The fraction of sp³-hybridized carbons (Fsp3) is 0.115. The van der Waals surface area contributed by atoms with Crippen LogP contribution in [0.1, 0.15) is 21.5 Å². The Labute approximate surface area is 198 Å². The van der Waals surface area contributed by atoms with Crippen molar-refractivity contribution in [2.75, 3.05) is 6.61 Å². The number of carbonyl (C=O) groups excluding carboxylic acids is 1. The number of carbonyl (C=O) groups is 1. The smallest absolute Gasteiger partial charge is 0.185 e. The topological polar surface area (TPSA) is 77.2 Å². The number of allylic oxidation sites excluding steroid dienone is 1. The quantitative estimate of drug-likeness (QED) is 0.281. The van der Waals surface area contributed by atoms with Crippen molar-refractivity contribution in [2.24, 2.45) is 0 Å². The highest BCUT2D eigenvalue weighted by atomic mass is 19.1. The summed E-state index contributed by atoms with van der Waals surface area (Å²) in [6, 6.07) is 15.0. The summed E-state index contributed by atoms with van der Waals surface area (Å²) in [7, 11) is 0. The zero-order valence-corrected chi connectivity index (χ0v) is 18.3. The Hall–Kier alpha value is -4.24. The highest BCUT2D eigenvalue weighted by molar-refractivity contribution is 6.06. The number of benzene rings is 3. The van der Waals surface area contributed by atoms with Crippen molar-refractivity contribution in [3.63, 3.8) is 0 Å². The average Bonchev–Trinajstić information content (AvgIpc) is 3.35. The van der Waals surface area contributed by atoms with Crippen molar-refractivity contribution in [3.8, 4) is 5.75 Å². The largest absolute Gasteiger partial charge is 0.490 e. The molecule has 0 aliphatic heterocycles. The zero-order valence-electron chi connectivity index (χ0n) is 18.3. The van der Waals surface area contributed by atoms with Gasteiger partial charge in [-0.15, -0.1) is 0 Å². The maximum Gasteiger partial charge on any atom is 0.185 e. The van der Waals surface area contributed by atoms with Gasteiger partial charge in [-0.25, -0.2) is 22.8 Å². The second-order valence-electron chi connectivity index (χ2n) is 7.78. The molecule has 0 saturated heterocycles. The van der Waals surface area contributed by atoms with Gasteiger partial charge in [0.1, 0.15) is 48.1 Å².